The van der Waals surface area contributed by atoms with Crippen LogP contribution in [-0.4, -0.2) is 5.11 Å². The number of aryl methyl sites for hydroxylation is 1. The Hall–Kier alpha value is 0.140. The van der Waals surface area contributed by atoms with Crippen LogP contribution in [0.2, 0.25) is 0 Å². The van der Waals surface area contributed by atoms with Gasteiger partial charge in [-0.2, -0.15) is 0 Å². The van der Waals surface area contributed by atoms with Gasteiger partial charge in [0.2, 0.25) is 0 Å². The van der Waals surface area contributed by atoms with Crippen LogP contribution in [0.15, 0.2) is 10.5 Å². The van der Waals surface area contributed by atoms with Crippen molar-refractivity contribution < 1.29 is 5.11 Å². The molecule has 0 saturated heterocycles. The molecule has 1 heterocycles. The van der Waals surface area contributed by atoms with E-state index in [4.69, 9.17) is 5.11 Å². The lowest BCUT2D eigenvalue weighted by Gasteiger charge is -1.85. The normalized spacial score (nSPS) is 10.1. The van der Waals surface area contributed by atoms with Crippen molar-refractivity contribution in [3.63, 3.8) is 0 Å². The second kappa shape index (κ2) is 2.82. The third kappa shape index (κ3) is 1.53. The Kier molecular flexibility index (Phi) is 2.27. The van der Waals surface area contributed by atoms with Gasteiger partial charge in [-0.3, -0.25) is 0 Å². The molecule has 1 rings (SSSR count). The van der Waals surface area contributed by atoms with E-state index in [2.05, 4.69) is 15.9 Å². The zero-order valence-corrected chi connectivity index (χ0v) is 7.42. The molecule has 0 aliphatic rings. The topological polar surface area (TPSA) is 20.2 Å². The molecule has 0 amide bonds. The highest BCUT2D eigenvalue weighted by Gasteiger charge is 2.00. The van der Waals surface area contributed by atoms with Crippen LogP contribution in [0.5, 0.6) is 0 Å². The minimum Gasteiger partial charge on any atom is -0.391 e. The molecule has 1 N–H and O–H groups in total. The van der Waals surface area contributed by atoms with E-state index in [9.17, 15) is 0 Å². The minimum atomic E-state index is 0.138. The molecule has 0 atom stereocenters. The van der Waals surface area contributed by atoms with Gasteiger partial charge in [0.1, 0.15) is 0 Å². The van der Waals surface area contributed by atoms with Crippen LogP contribution in [0.4, 0.5) is 0 Å². The largest absolute Gasteiger partial charge is 0.391 e. The zero-order valence-electron chi connectivity index (χ0n) is 5.02. The van der Waals surface area contributed by atoms with Gasteiger partial charge in [-0.15, -0.1) is 11.3 Å². The summed E-state index contributed by atoms with van der Waals surface area (Å²) in [5.41, 5.74) is 0. The molecule has 1 nitrogen and oxygen atoms in total. The molecular weight excluding hydrogens is 200 g/mol. The van der Waals surface area contributed by atoms with Crippen LogP contribution in [0.25, 0.3) is 0 Å². The van der Waals surface area contributed by atoms with Crippen LogP contribution in [0.3, 0.4) is 0 Å². The van der Waals surface area contributed by atoms with E-state index in [1.807, 2.05) is 13.0 Å². The zero-order chi connectivity index (χ0) is 6.85. The summed E-state index contributed by atoms with van der Waals surface area (Å²) in [5, 5.41) is 8.71. The van der Waals surface area contributed by atoms with Crippen molar-refractivity contribution >= 4 is 27.3 Å². The van der Waals surface area contributed by atoms with Crippen molar-refractivity contribution in [2.75, 3.05) is 0 Å². The van der Waals surface area contributed by atoms with Crippen LogP contribution in [0, 0.1) is 6.92 Å². The summed E-state index contributed by atoms with van der Waals surface area (Å²) < 4.78 is 1.02. The highest BCUT2D eigenvalue weighted by Crippen LogP contribution is 2.26. The van der Waals surface area contributed by atoms with E-state index >= 15 is 0 Å². The molecule has 1 aromatic rings. The van der Waals surface area contributed by atoms with Crippen LogP contribution >= 0.6 is 27.3 Å². The SMILES string of the molecule is Cc1cc(Br)c(CO)s1. The van der Waals surface area contributed by atoms with E-state index in [1.165, 1.54) is 4.88 Å². The maximum Gasteiger partial charge on any atom is 0.0785 e. The Labute approximate surface area is 66.5 Å². The Bertz CT molecular complexity index is 207. The first-order valence-electron chi connectivity index (χ1n) is 2.59. The number of rotatable bonds is 1. The van der Waals surface area contributed by atoms with Crippen molar-refractivity contribution in [1.29, 1.82) is 0 Å². The van der Waals surface area contributed by atoms with E-state index < -0.39 is 0 Å². The molecule has 1 aromatic heterocycles. The molecule has 0 saturated carbocycles. The molecule has 50 valence electrons. The maximum absolute atomic E-state index is 8.71. The number of halogens is 1. The fourth-order valence-electron chi connectivity index (χ4n) is 0.639. The third-order valence-corrected chi connectivity index (χ3v) is 3.03. The van der Waals surface area contributed by atoms with Crippen LogP contribution < -0.4 is 0 Å². The molecule has 0 radical (unpaired) electrons. The molecule has 0 bridgehead atoms. The summed E-state index contributed by atoms with van der Waals surface area (Å²) in [4.78, 5) is 2.23. The van der Waals surface area contributed by atoms with Gasteiger partial charge in [0.25, 0.3) is 0 Å². The lowest BCUT2D eigenvalue weighted by atomic mass is 10.4. The Morgan fingerprint density at radius 3 is 2.67 bits per heavy atom. The van der Waals surface area contributed by atoms with Crippen LogP contribution in [0.1, 0.15) is 9.75 Å². The predicted octanol–water partition coefficient (Wildman–Crippen LogP) is 2.31. The maximum atomic E-state index is 8.71. The highest BCUT2D eigenvalue weighted by molar-refractivity contribution is 9.10. The number of hydrogen-bond donors (Lipinski definition) is 1. The summed E-state index contributed by atoms with van der Waals surface area (Å²) in [6, 6.07) is 2.01. The number of hydrogen-bond acceptors (Lipinski definition) is 2. The Morgan fingerprint density at radius 2 is 2.44 bits per heavy atom. The van der Waals surface area contributed by atoms with Gasteiger partial charge in [-0.1, -0.05) is 0 Å². The molecule has 9 heavy (non-hydrogen) atoms. The molecular formula is C6H7BrOS. The quantitative estimate of drug-likeness (QED) is 0.749. The van der Waals surface area contributed by atoms with Gasteiger partial charge in [0.05, 0.1) is 6.61 Å². The van der Waals surface area contributed by atoms with E-state index in [1.54, 1.807) is 11.3 Å². The molecule has 0 spiro atoms. The van der Waals surface area contributed by atoms with Crippen molar-refractivity contribution in [1.82, 2.24) is 0 Å². The molecule has 0 aliphatic carbocycles. The monoisotopic (exact) mass is 206 g/mol. The summed E-state index contributed by atoms with van der Waals surface area (Å²) in [5.74, 6) is 0. The second-order valence-corrected chi connectivity index (χ2v) is 3.98. The predicted molar refractivity (Wildman–Crippen MR) is 42.7 cm³/mol. The molecule has 0 aromatic carbocycles. The standard InChI is InChI=1S/C6H7BrOS/c1-4-2-5(7)6(3-8)9-4/h2,8H,3H2,1H3. The van der Waals surface area contributed by atoms with Crippen molar-refractivity contribution in [3.05, 3.63) is 20.3 Å². The van der Waals surface area contributed by atoms with Crippen molar-refractivity contribution in [2.45, 2.75) is 13.5 Å². The van der Waals surface area contributed by atoms with Crippen LogP contribution in [-0.2, 0) is 6.61 Å². The lowest BCUT2D eigenvalue weighted by Crippen LogP contribution is -1.73. The van der Waals surface area contributed by atoms with Gasteiger partial charge in [-0.05, 0) is 28.9 Å². The molecule has 0 unspecified atom stereocenters. The van der Waals surface area contributed by atoms with E-state index in [-0.39, 0.29) is 6.61 Å². The summed E-state index contributed by atoms with van der Waals surface area (Å²) in [7, 11) is 0. The Morgan fingerprint density at radius 1 is 1.78 bits per heavy atom. The fourth-order valence-corrected chi connectivity index (χ4v) is 2.29. The van der Waals surface area contributed by atoms with E-state index in [0.717, 1.165) is 9.35 Å². The molecule has 0 aliphatic heterocycles. The van der Waals surface area contributed by atoms with Gasteiger partial charge in [0.15, 0.2) is 0 Å². The number of thiophene rings is 1. The summed E-state index contributed by atoms with van der Waals surface area (Å²) in [6.07, 6.45) is 0. The van der Waals surface area contributed by atoms with E-state index in [0.29, 0.717) is 0 Å². The first-order chi connectivity index (χ1) is 4.24. The Balaban J connectivity index is 3.01. The average molecular weight is 207 g/mol. The smallest absolute Gasteiger partial charge is 0.0785 e. The van der Waals surface area contributed by atoms with Gasteiger partial charge >= 0.3 is 0 Å². The highest BCUT2D eigenvalue weighted by atomic mass is 79.9. The third-order valence-electron chi connectivity index (χ3n) is 1.02. The van der Waals surface area contributed by atoms with Crippen molar-refractivity contribution in [3.8, 4) is 0 Å². The molecule has 0 fully saturated rings. The van der Waals surface area contributed by atoms with Crippen molar-refractivity contribution in [2.24, 2.45) is 0 Å². The summed E-state index contributed by atoms with van der Waals surface area (Å²) >= 11 is 4.95. The second-order valence-electron chi connectivity index (χ2n) is 1.79. The number of aliphatic hydroxyl groups is 1. The first-order valence-corrected chi connectivity index (χ1v) is 4.20. The average Bonchev–Trinajstić information content (AvgIpc) is 2.10. The van der Waals surface area contributed by atoms with Gasteiger partial charge < -0.3 is 5.11 Å². The van der Waals surface area contributed by atoms with Gasteiger partial charge in [-0.25, -0.2) is 0 Å². The number of aliphatic hydroxyl groups excluding tert-OH is 1. The minimum absolute atomic E-state index is 0.138. The first kappa shape index (κ1) is 7.25. The molecule has 3 heteroatoms. The fraction of sp³-hybridized carbons (Fsp3) is 0.333. The van der Waals surface area contributed by atoms with Gasteiger partial charge in [0, 0.05) is 14.2 Å². The summed E-state index contributed by atoms with van der Waals surface area (Å²) in [6.45, 7) is 2.16. The lowest BCUT2D eigenvalue weighted by molar-refractivity contribution is 0.285.